The smallest absolute Gasteiger partial charge is 0.337 e. The summed E-state index contributed by atoms with van der Waals surface area (Å²) in [5.74, 6) is 2.11. The molecule has 0 aliphatic heterocycles. The number of carbonyl (C=O) groups is 1. The number of hydrogen-bond acceptors (Lipinski definition) is 3. The van der Waals surface area contributed by atoms with Gasteiger partial charge in [-0.1, -0.05) is 52.8 Å². The molecule has 0 unspecified atom stereocenters. The van der Waals surface area contributed by atoms with Crippen LogP contribution in [-0.4, -0.2) is 27.8 Å². The van der Waals surface area contributed by atoms with Crippen molar-refractivity contribution in [2.75, 3.05) is 6.61 Å². The summed E-state index contributed by atoms with van der Waals surface area (Å²) in [6.45, 7) is 19.8. The highest BCUT2D eigenvalue weighted by Crippen LogP contribution is 2.77. The Hall–Kier alpha value is -1.94. The molecule has 1 aromatic rings. The average Bonchev–Trinajstić information content (AvgIpc) is 3.29. The molecule has 0 bridgehead atoms. The van der Waals surface area contributed by atoms with E-state index >= 15 is 0 Å². The number of pyridine rings is 1. The Labute approximate surface area is 241 Å². The molecule has 4 saturated carbocycles. The third-order valence-corrected chi connectivity index (χ3v) is 14.4. The van der Waals surface area contributed by atoms with E-state index in [0.29, 0.717) is 36.2 Å². The molecule has 2 N–H and O–H groups in total. The second-order valence-electron chi connectivity index (χ2n) is 16.0. The second-order valence-corrected chi connectivity index (χ2v) is 16.0. The lowest BCUT2D eigenvalue weighted by Crippen LogP contribution is -2.65. The lowest BCUT2D eigenvalue weighted by atomic mass is 9.32. The molecule has 0 aromatic carbocycles. The maximum absolute atomic E-state index is 11.4. The number of aromatic carboxylic acids is 1. The lowest BCUT2D eigenvalue weighted by Gasteiger charge is -2.72. The summed E-state index contributed by atoms with van der Waals surface area (Å²) in [5.41, 5.74) is 4.67. The molecule has 218 valence electrons. The van der Waals surface area contributed by atoms with Gasteiger partial charge in [0.25, 0.3) is 0 Å². The standard InChI is InChI=1S/C36H51NO3/c1-22(2)24-12-17-36(21-38)19-18-34(6)26(30(24)36)9-11-29-33(5)15-13-25(27-10-8-23(20-37-27)31(39)40)32(3,4)28(33)14-16-35(29,34)7/h8,10,13,20,24,26,28-30,38H,1,9,11-12,14-19,21H2,2-7H3,(H,39,40)/t24-,26+,28-,29+,30+,33-,34+,35+,36+/m0/s1. The number of rotatable bonds is 4. The summed E-state index contributed by atoms with van der Waals surface area (Å²) in [7, 11) is 0. The summed E-state index contributed by atoms with van der Waals surface area (Å²) >= 11 is 0. The lowest BCUT2D eigenvalue weighted by molar-refractivity contribution is -0.228. The highest BCUT2D eigenvalue weighted by atomic mass is 16.4. The summed E-state index contributed by atoms with van der Waals surface area (Å²) in [6, 6.07) is 3.61. The number of carboxylic acids is 1. The minimum Gasteiger partial charge on any atom is -0.478 e. The zero-order valence-electron chi connectivity index (χ0n) is 25.7. The first-order chi connectivity index (χ1) is 18.7. The van der Waals surface area contributed by atoms with Crippen LogP contribution in [0.1, 0.15) is 115 Å². The molecule has 0 saturated heterocycles. The molecule has 0 radical (unpaired) electrons. The highest BCUT2D eigenvalue weighted by molar-refractivity contribution is 5.87. The number of carboxylic acid groups (broad SMARTS) is 1. The zero-order valence-corrected chi connectivity index (χ0v) is 25.7. The minimum atomic E-state index is -0.926. The van der Waals surface area contributed by atoms with Gasteiger partial charge in [-0.25, -0.2) is 4.79 Å². The molecule has 5 aliphatic rings. The Balaban J connectivity index is 1.36. The van der Waals surface area contributed by atoms with Gasteiger partial charge < -0.3 is 10.2 Å². The fourth-order valence-electron chi connectivity index (χ4n) is 12.3. The quantitative estimate of drug-likeness (QED) is 0.373. The first-order valence-electron chi connectivity index (χ1n) is 15.9. The molecule has 4 heteroatoms. The summed E-state index contributed by atoms with van der Waals surface area (Å²) in [6.07, 6.45) is 14.9. The summed E-state index contributed by atoms with van der Waals surface area (Å²) in [4.78, 5) is 16.0. The Morgan fingerprint density at radius 3 is 2.35 bits per heavy atom. The molecule has 9 atom stereocenters. The van der Waals surface area contributed by atoms with Crippen molar-refractivity contribution in [1.82, 2.24) is 4.98 Å². The van der Waals surface area contributed by atoms with Crippen LogP contribution in [0.25, 0.3) is 5.57 Å². The maximum Gasteiger partial charge on any atom is 0.337 e. The maximum atomic E-state index is 11.4. The Bertz CT molecular complexity index is 1250. The van der Waals surface area contributed by atoms with E-state index in [-0.39, 0.29) is 32.6 Å². The van der Waals surface area contributed by atoms with E-state index in [9.17, 15) is 15.0 Å². The molecule has 0 spiro atoms. The van der Waals surface area contributed by atoms with Gasteiger partial charge in [0.05, 0.1) is 11.3 Å². The van der Waals surface area contributed by atoms with Gasteiger partial charge in [-0.2, -0.15) is 0 Å². The minimum absolute atomic E-state index is 0.0288. The van der Waals surface area contributed by atoms with Gasteiger partial charge in [0.2, 0.25) is 0 Å². The third kappa shape index (κ3) is 3.53. The van der Waals surface area contributed by atoms with Crippen LogP contribution in [0.4, 0.5) is 0 Å². The number of aliphatic hydroxyl groups excluding tert-OH is 1. The van der Waals surface area contributed by atoms with Gasteiger partial charge in [-0.15, -0.1) is 0 Å². The van der Waals surface area contributed by atoms with Crippen LogP contribution in [0.15, 0.2) is 36.6 Å². The first kappa shape index (κ1) is 28.2. The number of aliphatic hydroxyl groups is 1. The van der Waals surface area contributed by atoms with E-state index in [1.807, 2.05) is 6.07 Å². The van der Waals surface area contributed by atoms with Crippen LogP contribution in [0, 0.1) is 56.7 Å². The Morgan fingerprint density at radius 1 is 0.975 bits per heavy atom. The Kier molecular flexibility index (Phi) is 6.36. The van der Waals surface area contributed by atoms with Gasteiger partial charge in [-0.3, -0.25) is 4.98 Å². The van der Waals surface area contributed by atoms with E-state index in [1.165, 1.54) is 68.7 Å². The SMILES string of the molecule is C=C(C)[C@@H]1CC[C@]2(CO)CC[C@]3(C)[C@H](CC[C@@H]4[C@@]5(C)CC=C(c6ccc(C(=O)O)cn6)C(C)(C)[C@@H]5CC[C@]43C)[C@@H]12. The molecule has 0 amide bonds. The van der Waals surface area contributed by atoms with Gasteiger partial charge in [0.15, 0.2) is 0 Å². The topological polar surface area (TPSA) is 70.4 Å². The van der Waals surface area contributed by atoms with Gasteiger partial charge >= 0.3 is 5.97 Å². The van der Waals surface area contributed by atoms with Crippen LogP contribution in [0.3, 0.4) is 0 Å². The number of hydrogen-bond donors (Lipinski definition) is 2. The zero-order chi connectivity index (χ0) is 28.9. The normalized spacial score (nSPS) is 45.4. The van der Waals surface area contributed by atoms with Crippen LogP contribution in [-0.2, 0) is 0 Å². The summed E-state index contributed by atoms with van der Waals surface area (Å²) < 4.78 is 0. The van der Waals surface area contributed by atoms with Crippen LogP contribution in [0.2, 0.25) is 0 Å². The van der Waals surface area contributed by atoms with E-state index < -0.39 is 5.97 Å². The van der Waals surface area contributed by atoms with E-state index in [4.69, 9.17) is 0 Å². The van der Waals surface area contributed by atoms with Crippen molar-refractivity contribution in [3.63, 3.8) is 0 Å². The van der Waals surface area contributed by atoms with E-state index in [2.05, 4.69) is 59.2 Å². The largest absolute Gasteiger partial charge is 0.478 e. The van der Waals surface area contributed by atoms with Crippen LogP contribution in [0.5, 0.6) is 0 Å². The van der Waals surface area contributed by atoms with Crippen molar-refractivity contribution in [2.24, 2.45) is 56.7 Å². The number of fused-ring (bicyclic) bond motifs is 7. The van der Waals surface area contributed by atoms with Crippen molar-refractivity contribution in [2.45, 2.75) is 99.3 Å². The van der Waals surface area contributed by atoms with E-state index in [1.54, 1.807) is 6.07 Å². The molecule has 5 aliphatic carbocycles. The van der Waals surface area contributed by atoms with Crippen LogP contribution < -0.4 is 0 Å². The van der Waals surface area contributed by atoms with Gasteiger partial charge in [0.1, 0.15) is 0 Å². The predicted octanol–water partition coefficient (Wildman–Crippen LogP) is 8.42. The van der Waals surface area contributed by atoms with Crippen molar-refractivity contribution >= 4 is 11.5 Å². The van der Waals surface area contributed by atoms with Crippen molar-refractivity contribution in [3.05, 3.63) is 47.8 Å². The van der Waals surface area contributed by atoms with Crippen LogP contribution >= 0.6 is 0 Å². The van der Waals surface area contributed by atoms with Crippen molar-refractivity contribution < 1.29 is 15.0 Å². The van der Waals surface area contributed by atoms with E-state index in [0.717, 1.165) is 12.1 Å². The Morgan fingerprint density at radius 2 is 1.73 bits per heavy atom. The molecule has 4 fully saturated rings. The number of nitrogens with zero attached hydrogens (tertiary/aromatic N) is 1. The third-order valence-electron chi connectivity index (χ3n) is 14.4. The molecule has 1 heterocycles. The molecular formula is C36H51NO3. The molecular weight excluding hydrogens is 494 g/mol. The van der Waals surface area contributed by atoms with Crippen molar-refractivity contribution in [3.8, 4) is 0 Å². The monoisotopic (exact) mass is 545 g/mol. The first-order valence-corrected chi connectivity index (χ1v) is 15.9. The average molecular weight is 546 g/mol. The number of allylic oxidation sites excluding steroid dienone is 3. The highest BCUT2D eigenvalue weighted by Gasteiger charge is 2.70. The fraction of sp³-hybridized carbons (Fsp3) is 0.722. The molecule has 1 aromatic heterocycles. The molecule has 40 heavy (non-hydrogen) atoms. The molecule has 6 rings (SSSR count). The second kappa shape index (κ2) is 9.03. The van der Waals surface area contributed by atoms with Gasteiger partial charge in [0, 0.05) is 12.8 Å². The molecule has 4 nitrogen and oxygen atoms in total. The fourth-order valence-corrected chi connectivity index (χ4v) is 12.3. The van der Waals surface area contributed by atoms with Crippen molar-refractivity contribution in [1.29, 1.82) is 0 Å². The predicted molar refractivity (Wildman–Crippen MR) is 161 cm³/mol. The number of aromatic nitrogens is 1. The van der Waals surface area contributed by atoms with Gasteiger partial charge in [-0.05, 0) is 139 Å². The summed E-state index contributed by atoms with van der Waals surface area (Å²) in [5, 5.41) is 20.1.